The molecular weight excluding hydrogens is 401 g/mol. The first kappa shape index (κ1) is 21.6. The van der Waals surface area contributed by atoms with Crippen LogP contribution >= 0.6 is 0 Å². The molecule has 1 unspecified atom stereocenters. The van der Waals surface area contributed by atoms with Crippen molar-refractivity contribution >= 4 is 23.1 Å². The number of amidine groups is 1. The Kier molecular flexibility index (Phi) is 5.79. The Hall–Kier alpha value is -4.13. The molecule has 3 rings (SSSR count). The van der Waals surface area contributed by atoms with Crippen molar-refractivity contribution in [1.29, 1.82) is 10.7 Å². The number of allylic oxidation sites excluding steroid dienone is 1. The van der Waals surface area contributed by atoms with Crippen LogP contribution in [0.25, 0.3) is 5.57 Å². The maximum atomic E-state index is 14.0. The number of amides is 1. The number of hydrazine groups is 1. The lowest BCUT2D eigenvalue weighted by molar-refractivity contribution is 0.0494. The summed E-state index contributed by atoms with van der Waals surface area (Å²) in [6.07, 6.45) is 0.680. The van der Waals surface area contributed by atoms with Crippen LogP contribution in [0.5, 0.6) is 5.75 Å². The summed E-state index contributed by atoms with van der Waals surface area (Å²) in [5.41, 5.74) is 7.20. The summed E-state index contributed by atoms with van der Waals surface area (Å²) in [6.45, 7) is 1.67. The third-order valence-corrected chi connectivity index (χ3v) is 5.07. The van der Waals surface area contributed by atoms with E-state index in [1.807, 2.05) is 6.07 Å². The van der Waals surface area contributed by atoms with Gasteiger partial charge in [-0.15, -0.1) is 0 Å². The Balaban J connectivity index is 2.32. The Morgan fingerprint density at radius 3 is 2.71 bits per heavy atom. The number of hydrogen-bond acceptors (Lipinski definition) is 7. The number of likely N-dealkylation sites (N-methyl/N-ethyl adjacent to an activating group) is 1. The quantitative estimate of drug-likeness (QED) is 0.600. The lowest BCUT2D eigenvalue weighted by Gasteiger charge is -2.33. The number of nitriles is 1. The molecule has 2 aromatic rings. The molecular formula is C21H22FN7O2. The predicted molar refractivity (Wildman–Crippen MR) is 113 cm³/mol. The van der Waals surface area contributed by atoms with Gasteiger partial charge in [-0.1, -0.05) is 0 Å². The van der Waals surface area contributed by atoms with Gasteiger partial charge in [-0.25, -0.2) is 9.37 Å². The summed E-state index contributed by atoms with van der Waals surface area (Å²) in [5.74, 6) is -0.873. The SMILES string of the molecule is CN/C(C#N)=C1\C(=N)N(C)N(C)C(=O)c2ccc(F)cc2C(C)Oc2cc1cnc2N. The first-order valence-electron chi connectivity index (χ1n) is 9.34. The van der Waals surface area contributed by atoms with Crippen molar-refractivity contribution in [2.45, 2.75) is 13.0 Å². The molecule has 2 heterocycles. The highest BCUT2D eigenvalue weighted by Crippen LogP contribution is 2.33. The number of rotatable bonds is 1. The van der Waals surface area contributed by atoms with Crippen molar-refractivity contribution < 1.29 is 13.9 Å². The lowest BCUT2D eigenvalue weighted by atomic mass is 10.0. The van der Waals surface area contributed by atoms with Gasteiger partial charge >= 0.3 is 0 Å². The Bertz CT molecular complexity index is 1140. The third-order valence-electron chi connectivity index (χ3n) is 5.07. The first-order chi connectivity index (χ1) is 14.7. The molecule has 0 saturated carbocycles. The van der Waals surface area contributed by atoms with Gasteiger partial charge in [-0.05, 0) is 31.2 Å². The molecule has 0 saturated heterocycles. The van der Waals surface area contributed by atoms with Crippen molar-refractivity contribution in [3.63, 3.8) is 0 Å². The number of hydrogen-bond donors (Lipinski definition) is 3. The maximum Gasteiger partial charge on any atom is 0.272 e. The standard InChI is InChI=1S/C21H22FN7O2/c1-11-15-8-13(22)5-6-14(15)21(30)29(4)28(3)20(25)18(16(9-23)26-2)12-7-17(31-11)19(24)27-10-12/h5-8,10-11,25-26H,1-4H3,(H2,24,27)/b18-16-,25-20?. The molecule has 1 aromatic heterocycles. The molecule has 10 heteroatoms. The number of carbonyl (C=O) groups excluding carboxylic acids is 1. The molecule has 1 amide bonds. The summed E-state index contributed by atoms with van der Waals surface area (Å²) in [6, 6.07) is 7.37. The largest absolute Gasteiger partial charge is 0.482 e. The zero-order valence-electron chi connectivity index (χ0n) is 17.5. The smallest absolute Gasteiger partial charge is 0.272 e. The number of anilines is 1. The summed E-state index contributed by atoms with van der Waals surface area (Å²) >= 11 is 0. The summed E-state index contributed by atoms with van der Waals surface area (Å²) in [7, 11) is 4.56. The number of nitrogens with zero attached hydrogens (tertiary/aromatic N) is 4. The van der Waals surface area contributed by atoms with Crippen LogP contribution in [0.4, 0.5) is 10.2 Å². The summed E-state index contributed by atoms with van der Waals surface area (Å²) < 4.78 is 19.9. The van der Waals surface area contributed by atoms with Gasteiger partial charge in [0, 0.05) is 44.0 Å². The minimum atomic E-state index is -0.737. The molecule has 1 atom stereocenters. The fourth-order valence-electron chi connectivity index (χ4n) is 3.26. The highest BCUT2D eigenvalue weighted by Gasteiger charge is 2.28. The van der Waals surface area contributed by atoms with Crippen LogP contribution < -0.4 is 15.8 Å². The minimum absolute atomic E-state index is 0.0799. The number of ether oxygens (including phenoxy) is 1. The van der Waals surface area contributed by atoms with Gasteiger partial charge in [0.2, 0.25) is 0 Å². The fourth-order valence-corrected chi connectivity index (χ4v) is 3.26. The number of halogens is 1. The van der Waals surface area contributed by atoms with Crippen LogP contribution in [0.1, 0.15) is 34.5 Å². The zero-order valence-corrected chi connectivity index (χ0v) is 17.5. The van der Waals surface area contributed by atoms with Gasteiger partial charge in [0.15, 0.2) is 11.6 Å². The van der Waals surface area contributed by atoms with E-state index in [2.05, 4.69) is 10.3 Å². The number of nitrogen functional groups attached to an aromatic ring is 1. The second-order valence-corrected chi connectivity index (χ2v) is 6.91. The van der Waals surface area contributed by atoms with Gasteiger partial charge in [-0.2, -0.15) is 5.26 Å². The van der Waals surface area contributed by atoms with Crippen LogP contribution in [-0.4, -0.2) is 47.9 Å². The first-order valence-corrected chi connectivity index (χ1v) is 9.34. The minimum Gasteiger partial charge on any atom is -0.482 e. The van der Waals surface area contributed by atoms with Crippen molar-refractivity contribution in [2.75, 3.05) is 26.9 Å². The van der Waals surface area contributed by atoms with E-state index >= 15 is 0 Å². The maximum absolute atomic E-state index is 14.0. The number of nitrogens with two attached hydrogens (primary N) is 1. The second-order valence-electron chi connectivity index (χ2n) is 6.91. The summed E-state index contributed by atoms with van der Waals surface area (Å²) in [4.78, 5) is 17.4. The molecule has 31 heavy (non-hydrogen) atoms. The average molecular weight is 423 g/mol. The Labute approximate surface area is 179 Å². The Morgan fingerprint density at radius 1 is 1.35 bits per heavy atom. The molecule has 160 valence electrons. The highest BCUT2D eigenvalue weighted by atomic mass is 19.1. The molecule has 2 bridgehead atoms. The number of fused-ring (bicyclic) bond motifs is 3. The molecule has 0 radical (unpaired) electrons. The molecule has 4 N–H and O–H groups in total. The summed E-state index contributed by atoms with van der Waals surface area (Å²) in [5, 5.41) is 23.6. The third kappa shape index (κ3) is 3.85. The van der Waals surface area contributed by atoms with Crippen molar-refractivity contribution in [1.82, 2.24) is 20.3 Å². The van der Waals surface area contributed by atoms with E-state index in [0.29, 0.717) is 11.1 Å². The highest BCUT2D eigenvalue weighted by molar-refractivity contribution is 6.22. The van der Waals surface area contributed by atoms with E-state index in [4.69, 9.17) is 15.9 Å². The van der Waals surface area contributed by atoms with E-state index < -0.39 is 17.8 Å². The van der Waals surface area contributed by atoms with Crippen molar-refractivity contribution in [3.05, 3.63) is 58.7 Å². The molecule has 1 aliphatic heterocycles. The van der Waals surface area contributed by atoms with E-state index in [-0.39, 0.29) is 34.2 Å². The van der Waals surface area contributed by atoms with Gasteiger partial charge in [0.05, 0.1) is 5.57 Å². The number of nitrogens with one attached hydrogen (secondary N) is 2. The van der Waals surface area contributed by atoms with Gasteiger partial charge in [0.25, 0.3) is 5.91 Å². The number of aromatic nitrogens is 1. The average Bonchev–Trinajstić information content (AvgIpc) is 2.76. The van der Waals surface area contributed by atoms with Crippen molar-refractivity contribution in [3.8, 4) is 11.8 Å². The van der Waals surface area contributed by atoms with Crippen molar-refractivity contribution in [2.24, 2.45) is 0 Å². The van der Waals surface area contributed by atoms with Gasteiger partial charge in [0.1, 0.15) is 29.5 Å². The predicted octanol–water partition coefficient (Wildman–Crippen LogP) is 2.31. The normalized spacial score (nSPS) is 18.3. The van der Waals surface area contributed by atoms with E-state index in [1.54, 1.807) is 20.0 Å². The molecule has 0 spiro atoms. The van der Waals surface area contributed by atoms with E-state index in [0.717, 1.165) is 0 Å². The lowest BCUT2D eigenvalue weighted by Crippen LogP contribution is -2.45. The molecule has 0 fully saturated rings. The fraction of sp³-hybridized carbons (Fsp3) is 0.238. The number of pyridine rings is 1. The Morgan fingerprint density at radius 2 is 2.06 bits per heavy atom. The molecule has 1 aliphatic rings. The van der Waals surface area contributed by atoms with Gasteiger partial charge < -0.3 is 15.8 Å². The topological polar surface area (TPSA) is 131 Å². The van der Waals surface area contributed by atoms with Crippen LogP contribution in [0.2, 0.25) is 0 Å². The molecule has 0 aliphatic carbocycles. The van der Waals surface area contributed by atoms with Crippen LogP contribution in [0.3, 0.4) is 0 Å². The van der Waals surface area contributed by atoms with Crippen LogP contribution in [-0.2, 0) is 0 Å². The monoisotopic (exact) mass is 423 g/mol. The van der Waals surface area contributed by atoms with E-state index in [1.165, 1.54) is 48.5 Å². The number of carbonyl (C=O) groups is 1. The van der Waals surface area contributed by atoms with E-state index in [9.17, 15) is 14.4 Å². The van der Waals surface area contributed by atoms with Crippen LogP contribution in [0.15, 0.2) is 36.2 Å². The molecule has 9 nitrogen and oxygen atoms in total. The second kappa shape index (κ2) is 8.31. The van der Waals surface area contributed by atoms with Gasteiger partial charge in [-0.3, -0.25) is 20.2 Å². The number of benzene rings is 1. The zero-order chi connectivity index (χ0) is 22.9. The molecule has 1 aromatic carbocycles. The van der Waals surface area contributed by atoms with Crippen LogP contribution in [0, 0.1) is 22.6 Å².